The van der Waals surface area contributed by atoms with E-state index in [2.05, 4.69) is 30.1 Å². The lowest BCUT2D eigenvalue weighted by molar-refractivity contribution is 0.182. The summed E-state index contributed by atoms with van der Waals surface area (Å²) >= 11 is 0. The highest BCUT2D eigenvalue weighted by atomic mass is 16.5. The van der Waals surface area contributed by atoms with Gasteiger partial charge in [-0.05, 0) is 63.9 Å². The Morgan fingerprint density at radius 2 is 2.04 bits per heavy atom. The second kappa shape index (κ2) is 8.86. The molecule has 0 aromatic carbocycles. The largest absolute Gasteiger partial charge is 0.385 e. The monoisotopic (exact) mass is 321 g/mol. The van der Waals surface area contributed by atoms with Crippen molar-refractivity contribution in [2.45, 2.75) is 63.5 Å². The lowest BCUT2D eigenvalue weighted by Gasteiger charge is -2.36. The molecule has 1 atom stereocenters. The average Bonchev–Trinajstić information content (AvgIpc) is 2.55. The van der Waals surface area contributed by atoms with E-state index >= 15 is 0 Å². The second-order valence-electron chi connectivity index (χ2n) is 7.31. The van der Waals surface area contributed by atoms with Gasteiger partial charge in [-0.1, -0.05) is 12.2 Å². The molecule has 132 valence electrons. The van der Waals surface area contributed by atoms with Crippen molar-refractivity contribution in [2.24, 2.45) is 17.4 Å². The van der Waals surface area contributed by atoms with Gasteiger partial charge >= 0.3 is 0 Å². The van der Waals surface area contributed by atoms with Gasteiger partial charge in [0.15, 0.2) is 0 Å². The summed E-state index contributed by atoms with van der Waals surface area (Å²) in [4.78, 5) is 2.41. The van der Waals surface area contributed by atoms with Crippen molar-refractivity contribution in [2.75, 3.05) is 26.8 Å². The molecular formula is C19H35N3O. The highest BCUT2D eigenvalue weighted by molar-refractivity contribution is 5.28. The van der Waals surface area contributed by atoms with Gasteiger partial charge in [0.25, 0.3) is 0 Å². The van der Waals surface area contributed by atoms with Crippen molar-refractivity contribution in [1.29, 1.82) is 0 Å². The van der Waals surface area contributed by atoms with Gasteiger partial charge in [0.2, 0.25) is 0 Å². The van der Waals surface area contributed by atoms with Gasteiger partial charge < -0.3 is 21.1 Å². The Bertz CT molecular complexity index is 413. The molecule has 4 heteroatoms. The smallest absolute Gasteiger partial charge is 0.0479 e. The molecular weight excluding hydrogens is 286 g/mol. The number of allylic oxidation sites excluding steroid dienone is 1. The van der Waals surface area contributed by atoms with Crippen molar-refractivity contribution in [3.63, 3.8) is 0 Å². The number of nitrogens with two attached hydrogens (primary N) is 2. The molecule has 0 aromatic rings. The van der Waals surface area contributed by atoms with Crippen LogP contribution in [0.15, 0.2) is 23.9 Å². The minimum atomic E-state index is -0.165. The summed E-state index contributed by atoms with van der Waals surface area (Å²) in [5.74, 6) is 0.739. The molecule has 4 N–H and O–H groups in total. The lowest BCUT2D eigenvalue weighted by atomic mass is 9.76. The van der Waals surface area contributed by atoms with Crippen LogP contribution in [0.4, 0.5) is 0 Å². The van der Waals surface area contributed by atoms with Crippen LogP contribution in [-0.4, -0.2) is 43.3 Å². The molecule has 1 fully saturated rings. The average molecular weight is 322 g/mol. The predicted octanol–water partition coefficient (Wildman–Crippen LogP) is 2.79. The third kappa shape index (κ3) is 5.63. The highest BCUT2D eigenvalue weighted by Crippen LogP contribution is 2.33. The Morgan fingerprint density at radius 3 is 2.61 bits per heavy atom. The van der Waals surface area contributed by atoms with Gasteiger partial charge in [-0.25, -0.2) is 0 Å². The van der Waals surface area contributed by atoms with Crippen LogP contribution in [0.25, 0.3) is 0 Å². The molecule has 23 heavy (non-hydrogen) atoms. The topological polar surface area (TPSA) is 64.5 Å². The van der Waals surface area contributed by atoms with E-state index in [1.165, 1.54) is 18.5 Å². The first-order chi connectivity index (χ1) is 11.1. The Balaban J connectivity index is 1.85. The van der Waals surface area contributed by atoms with E-state index in [-0.39, 0.29) is 5.54 Å². The van der Waals surface area contributed by atoms with Crippen molar-refractivity contribution in [1.82, 2.24) is 4.90 Å². The fourth-order valence-corrected chi connectivity index (χ4v) is 3.87. The normalized spacial score (nSPS) is 31.0. The van der Waals surface area contributed by atoms with Gasteiger partial charge in [-0.3, -0.25) is 0 Å². The van der Waals surface area contributed by atoms with Crippen LogP contribution in [0.3, 0.4) is 0 Å². The summed E-state index contributed by atoms with van der Waals surface area (Å²) < 4.78 is 5.16. The van der Waals surface area contributed by atoms with Gasteiger partial charge in [0.1, 0.15) is 0 Å². The first-order valence-corrected chi connectivity index (χ1v) is 9.24. The number of hydrogen-bond acceptors (Lipinski definition) is 4. The zero-order valence-electron chi connectivity index (χ0n) is 15.0. The van der Waals surface area contributed by atoms with Gasteiger partial charge in [-0.15, -0.1) is 0 Å². The Hall–Kier alpha value is -0.840. The molecule has 0 amide bonds. The summed E-state index contributed by atoms with van der Waals surface area (Å²) in [7, 11) is 1.76. The van der Waals surface area contributed by atoms with E-state index in [1.807, 2.05) is 0 Å². The summed E-state index contributed by atoms with van der Waals surface area (Å²) in [6, 6.07) is 0.415. The second-order valence-corrected chi connectivity index (χ2v) is 7.31. The molecule has 0 bridgehead atoms. The van der Waals surface area contributed by atoms with Crippen LogP contribution >= 0.6 is 0 Å². The maximum atomic E-state index is 6.65. The molecule has 0 heterocycles. The number of methoxy groups -OCH3 is 1. The first kappa shape index (κ1) is 18.5. The summed E-state index contributed by atoms with van der Waals surface area (Å²) in [6.45, 7) is 5.09. The number of likely N-dealkylation sites (N-methyl/N-ethyl adjacent to an activating group) is 1. The third-order valence-electron chi connectivity index (χ3n) is 5.36. The third-order valence-corrected chi connectivity index (χ3v) is 5.36. The van der Waals surface area contributed by atoms with E-state index in [0.717, 1.165) is 57.7 Å². The molecule has 4 nitrogen and oxygen atoms in total. The predicted molar refractivity (Wildman–Crippen MR) is 97.0 cm³/mol. The van der Waals surface area contributed by atoms with Crippen molar-refractivity contribution in [3.05, 3.63) is 23.9 Å². The van der Waals surface area contributed by atoms with E-state index in [4.69, 9.17) is 16.2 Å². The lowest BCUT2D eigenvalue weighted by Crippen LogP contribution is -2.42. The molecule has 0 aliphatic heterocycles. The van der Waals surface area contributed by atoms with E-state index in [0.29, 0.717) is 6.04 Å². The minimum Gasteiger partial charge on any atom is -0.385 e. The van der Waals surface area contributed by atoms with Gasteiger partial charge in [0.05, 0.1) is 0 Å². The van der Waals surface area contributed by atoms with Crippen LogP contribution in [0.5, 0.6) is 0 Å². The summed E-state index contributed by atoms with van der Waals surface area (Å²) in [6.07, 6.45) is 14.7. The number of rotatable bonds is 8. The molecule has 1 saturated carbocycles. The van der Waals surface area contributed by atoms with Crippen LogP contribution in [-0.2, 0) is 4.74 Å². The van der Waals surface area contributed by atoms with Crippen molar-refractivity contribution >= 4 is 0 Å². The highest BCUT2D eigenvalue weighted by Gasteiger charge is 2.30. The minimum absolute atomic E-state index is 0.165. The van der Waals surface area contributed by atoms with Crippen LogP contribution in [0.2, 0.25) is 0 Å². The van der Waals surface area contributed by atoms with Crippen LogP contribution in [0.1, 0.15) is 51.9 Å². The molecule has 2 rings (SSSR count). The molecule has 0 radical (unpaired) electrons. The fourth-order valence-electron chi connectivity index (χ4n) is 3.87. The first-order valence-electron chi connectivity index (χ1n) is 9.24. The SMILES string of the molecule is CCN(CCCOC)C1=CCC(N)(CC2CCC(N)CC2)C=C1. The molecule has 1 unspecified atom stereocenters. The Kier molecular flexibility index (Phi) is 7.12. The number of hydrogen-bond donors (Lipinski definition) is 2. The van der Waals surface area contributed by atoms with E-state index in [9.17, 15) is 0 Å². The zero-order valence-corrected chi connectivity index (χ0v) is 15.0. The summed E-state index contributed by atoms with van der Waals surface area (Å²) in [5, 5.41) is 0. The zero-order chi connectivity index (χ0) is 16.7. The fraction of sp³-hybridized carbons (Fsp3) is 0.789. The van der Waals surface area contributed by atoms with Crippen molar-refractivity contribution < 1.29 is 4.74 Å². The molecule has 0 spiro atoms. The van der Waals surface area contributed by atoms with E-state index in [1.54, 1.807) is 7.11 Å². The van der Waals surface area contributed by atoms with Crippen molar-refractivity contribution in [3.8, 4) is 0 Å². The standard InChI is InChI=1S/C19H35N3O/c1-3-22(13-4-14-23-2)18-9-11-19(21,12-10-18)15-16-5-7-17(20)8-6-16/h9-11,16-17H,3-8,12-15,20-21H2,1-2H3. The number of nitrogens with zero attached hydrogens (tertiary/aromatic N) is 1. The Morgan fingerprint density at radius 1 is 1.30 bits per heavy atom. The van der Waals surface area contributed by atoms with Gasteiger partial charge in [-0.2, -0.15) is 0 Å². The molecule has 2 aliphatic rings. The van der Waals surface area contributed by atoms with Crippen LogP contribution < -0.4 is 11.5 Å². The van der Waals surface area contributed by atoms with E-state index < -0.39 is 0 Å². The maximum absolute atomic E-state index is 6.65. The van der Waals surface area contributed by atoms with Crippen LogP contribution in [0, 0.1) is 5.92 Å². The quantitative estimate of drug-likeness (QED) is 0.675. The summed E-state index contributed by atoms with van der Waals surface area (Å²) in [5.41, 5.74) is 13.8. The maximum Gasteiger partial charge on any atom is 0.0479 e. The molecule has 0 saturated heterocycles. The molecule has 0 aromatic heterocycles. The van der Waals surface area contributed by atoms with Gasteiger partial charge in [0, 0.05) is 44.1 Å². The Labute approximate surface area is 141 Å². The number of ether oxygens (including phenoxy) is 1. The molecule has 2 aliphatic carbocycles.